The lowest BCUT2D eigenvalue weighted by molar-refractivity contribution is 0.0728. The molecule has 3 aromatic carbocycles. The van der Waals surface area contributed by atoms with E-state index in [0.717, 1.165) is 5.56 Å². The van der Waals surface area contributed by atoms with Crippen molar-refractivity contribution < 1.29 is 23.9 Å². The van der Waals surface area contributed by atoms with E-state index in [-0.39, 0.29) is 22.9 Å². The molecule has 5 nitrogen and oxygen atoms in total. The lowest BCUT2D eigenvalue weighted by Crippen LogP contribution is -2.10. The summed E-state index contributed by atoms with van der Waals surface area (Å²) in [7, 11) is 1.46. The monoisotopic (exact) mass is 398 g/mol. The van der Waals surface area contributed by atoms with Gasteiger partial charge in [-0.1, -0.05) is 48.5 Å². The first-order chi connectivity index (χ1) is 14.5. The lowest BCUT2D eigenvalue weighted by Gasteiger charge is -2.11. The van der Waals surface area contributed by atoms with E-state index in [1.54, 1.807) is 54.6 Å². The maximum Gasteiger partial charge on any atom is 0.343 e. The molecule has 0 saturated heterocycles. The third-order valence-electron chi connectivity index (χ3n) is 4.97. The molecule has 0 saturated carbocycles. The minimum Gasteiger partial charge on any atom is -0.493 e. The molecule has 5 heteroatoms. The number of carbonyl (C=O) groups is 3. The standard InChI is InChI=1S/C25H18O5/c1-15-7-3-4-8-17(15)25(28)30-21-12-11-16(14-22(21)29-2)13-20-23(26)18-9-5-6-10-19(18)24(20)27/h3-14H,1-2H3. The van der Waals surface area contributed by atoms with Gasteiger partial charge in [-0.2, -0.15) is 0 Å². The van der Waals surface area contributed by atoms with Gasteiger partial charge in [-0.25, -0.2) is 4.79 Å². The smallest absolute Gasteiger partial charge is 0.343 e. The average molecular weight is 398 g/mol. The van der Waals surface area contributed by atoms with E-state index in [4.69, 9.17) is 9.47 Å². The molecule has 30 heavy (non-hydrogen) atoms. The third kappa shape index (κ3) is 3.42. The van der Waals surface area contributed by atoms with Crippen LogP contribution in [-0.2, 0) is 0 Å². The van der Waals surface area contributed by atoms with Crippen molar-refractivity contribution in [1.82, 2.24) is 0 Å². The largest absolute Gasteiger partial charge is 0.493 e. The van der Waals surface area contributed by atoms with Gasteiger partial charge in [0.2, 0.25) is 0 Å². The minimum atomic E-state index is -0.492. The summed E-state index contributed by atoms with van der Waals surface area (Å²) in [5.74, 6) is -0.523. The highest BCUT2D eigenvalue weighted by molar-refractivity contribution is 6.41. The predicted molar refractivity (Wildman–Crippen MR) is 112 cm³/mol. The Bertz CT molecular complexity index is 1180. The van der Waals surface area contributed by atoms with Crippen LogP contribution in [0.2, 0.25) is 0 Å². The van der Waals surface area contributed by atoms with Crippen LogP contribution in [-0.4, -0.2) is 24.6 Å². The van der Waals surface area contributed by atoms with E-state index >= 15 is 0 Å². The van der Waals surface area contributed by atoms with E-state index in [2.05, 4.69) is 0 Å². The Balaban J connectivity index is 1.63. The summed E-state index contributed by atoms with van der Waals surface area (Å²) in [6, 6.07) is 18.8. The van der Waals surface area contributed by atoms with Gasteiger partial charge in [0.05, 0.1) is 18.2 Å². The first-order valence-electron chi connectivity index (χ1n) is 9.35. The number of aryl methyl sites for hydroxylation is 1. The summed E-state index contributed by atoms with van der Waals surface area (Å²) in [5, 5.41) is 0. The van der Waals surface area contributed by atoms with Gasteiger partial charge in [-0.15, -0.1) is 0 Å². The number of ketones is 2. The van der Waals surface area contributed by atoms with Crippen molar-refractivity contribution in [2.45, 2.75) is 6.92 Å². The number of hydrogen-bond donors (Lipinski definition) is 0. The molecule has 4 rings (SSSR count). The topological polar surface area (TPSA) is 69.7 Å². The van der Waals surface area contributed by atoms with E-state index in [1.165, 1.54) is 13.2 Å². The number of hydrogen-bond acceptors (Lipinski definition) is 5. The molecular weight excluding hydrogens is 380 g/mol. The summed E-state index contributed by atoms with van der Waals surface area (Å²) in [5.41, 5.74) is 2.77. The van der Waals surface area contributed by atoms with Crippen molar-refractivity contribution in [2.75, 3.05) is 7.11 Å². The van der Waals surface area contributed by atoms with Crippen LogP contribution in [0.4, 0.5) is 0 Å². The number of benzene rings is 3. The molecule has 0 aliphatic heterocycles. The number of rotatable bonds is 4. The second kappa shape index (κ2) is 7.79. The number of fused-ring (bicyclic) bond motifs is 1. The third-order valence-corrected chi connectivity index (χ3v) is 4.97. The first-order valence-corrected chi connectivity index (χ1v) is 9.35. The van der Waals surface area contributed by atoms with E-state index in [9.17, 15) is 14.4 Å². The summed E-state index contributed by atoms with van der Waals surface area (Å²) in [6.07, 6.45) is 1.53. The Morgan fingerprint density at radius 2 is 1.47 bits per heavy atom. The Kier molecular flexibility index (Phi) is 5.02. The van der Waals surface area contributed by atoms with Gasteiger partial charge in [-0.3, -0.25) is 9.59 Å². The van der Waals surface area contributed by atoms with Crippen LogP contribution in [0.15, 0.2) is 72.3 Å². The fourth-order valence-corrected chi connectivity index (χ4v) is 3.39. The highest BCUT2D eigenvalue weighted by atomic mass is 16.6. The molecule has 0 bridgehead atoms. The second-order valence-corrected chi connectivity index (χ2v) is 6.88. The molecule has 3 aromatic rings. The fraction of sp³-hybridized carbons (Fsp3) is 0.0800. The van der Waals surface area contributed by atoms with Crippen LogP contribution in [0.5, 0.6) is 11.5 Å². The highest BCUT2D eigenvalue weighted by Crippen LogP contribution is 2.32. The highest BCUT2D eigenvalue weighted by Gasteiger charge is 2.32. The molecule has 0 N–H and O–H groups in total. The SMILES string of the molecule is COc1cc(C=C2C(=O)c3ccccc3C2=O)ccc1OC(=O)c1ccccc1C. The zero-order valence-corrected chi connectivity index (χ0v) is 16.5. The normalized spacial score (nSPS) is 12.5. The molecule has 0 aromatic heterocycles. The first kappa shape index (κ1) is 19.3. The van der Waals surface area contributed by atoms with Gasteiger partial charge in [0, 0.05) is 11.1 Å². The summed E-state index contributed by atoms with van der Waals surface area (Å²) in [4.78, 5) is 37.7. The van der Waals surface area contributed by atoms with Gasteiger partial charge in [0.15, 0.2) is 23.1 Å². The van der Waals surface area contributed by atoms with Crippen LogP contribution < -0.4 is 9.47 Å². The van der Waals surface area contributed by atoms with Crippen molar-refractivity contribution in [3.8, 4) is 11.5 Å². The van der Waals surface area contributed by atoms with Crippen molar-refractivity contribution in [1.29, 1.82) is 0 Å². The molecular formula is C25H18O5. The quantitative estimate of drug-likeness (QED) is 0.276. The number of esters is 1. The molecule has 0 radical (unpaired) electrons. The molecule has 1 aliphatic rings. The molecule has 0 atom stereocenters. The zero-order chi connectivity index (χ0) is 21.3. The molecule has 0 fully saturated rings. The molecule has 1 aliphatic carbocycles. The molecule has 0 unspecified atom stereocenters. The van der Waals surface area contributed by atoms with Crippen molar-refractivity contribution >= 4 is 23.6 Å². The maximum atomic E-state index is 12.6. The van der Waals surface area contributed by atoms with Crippen molar-refractivity contribution in [2.24, 2.45) is 0 Å². The predicted octanol–water partition coefficient (Wildman–Crippen LogP) is 4.69. The molecule has 0 spiro atoms. The van der Waals surface area contributed by atoms with E-state index < -0.39 is 5.97 Å². The Morgan fingerprint density at radius 3 is 2.10 bits per heavy atom. The maximum absolute atomic E-state index is 12.6. The second-order valence-electron chi connectivity index (χ2n) is 6.88. The zero-order valence-electron chi connectivity index (χ0n) is 16.5. The van der Waals surface area contributed by atoms with Gasteiger partial charge in [0.25, 0.3) is 0 Å². The van der Waals surface area contributed by atoms with Gasteiger partial charge in [-0.05, 0) is 42.3 Å². The average Bonchev–Trinajstić information content (AvgIpc) is 3.00. The summed E-state index contributed by atoms with van der Waals surface area (Å²) < 4.78 is 10.9. The Morgan fingerprint density at radius 1 is 0.833 bits per heavy atom. The number of Topliss-reactive ketones (excluding diaryl/α,β-unsaturated/α-hetero) is 2. The van der Waals surface area contributed by atoms with Gasteiger partial charge in [0.1, 0.15) is 0 Å². The van der Waals surface area contributed by atoms with Gasteiger partial charge >= 0.3 is 5.97 Å². The summed E-state index contributed by atoms with van der Waals surface area (Å²) in [6.45, 7) is 1.83. The molecule has 0 amide bonds. The lowest BCUT2D eigenvalue weighted by atomic mass is 10.1. The van der Waals surface area contributed by atoms with Crippen LogP contribution in [0.1, 0.15) is 42.2 Å². The van der Waals surface area contributed by atoms with Crippen LogP contribution in [0, 0.1) is 6.92 Å². The molecule has 0 heterocycles. The number of ether oxygens (including phenoxy) is 2. The Hall–Kier alpha value is -3.99. The van der Waals surface area contributed by atoms with Gasteiger partial charge < -0.3 is 9.47 Å². The number of carbonyl (C=O) groups excluding carboxylic acids is 3. The minimum absolute atomic E-state index is 0.0999. The van der Waals surface area contributed by atoms with E-state index in [0.29, 0.717) is 28.0 Å². The van der Waals surface area contributed by atoms with Crippen LogP contribution in [0.25, 0.3) is 6.08 Å². The number of methoxy groups -OCH3 is 1. The number of allylic oxidation sites excluding steroid dienone is 1. The summed E-state index contributed by atoms with van der Waals surface area (Å²) >= 11 is 0. The van der Waals surface area contributed by atoms with Crippen molar-refractivity contribution in [3.05, 3.63) is 100 Å². The van der Waals surface area contributed by atoms with Crippen molar-refractivity contribution in [3.63, 3.8) is 0 Å². The Labute approximate surface area is 173 Å². The van der Waals surface area contributed by atoms with E-state index in [1.807, 2.05) is 19.1 Å². The van der Waals surface area contributed by atoms with Crippen LogP contribution in [0.3, 0.4) is 0 Å². The van der Waals surface area contributed by atoms with Crippen LogP contribution >= 0.6 is 0 Å². The molecule has 148 valence electrons. The fourth-order valence-electron chi connectivity index (χ4n) is 3.39.